The van der Waals surface area contributed by atoms with Gasteiger partial charge in [0.15, 0.2) is 5.96 Å². The van der Waals surface area contributed by atoms with E-state index in [1.54, 1.807) is 12.5 Å². The highest BCUT2D eigenvalue weighted by atomic mass is 15.1. The largest absolute Gasteiger partial charge is 0.370 e. The fourth-order valence-electron chi connectivity index (χ4n) is 1.69. The van der Waals surface area contributed by atoms with Gasteiger partial charge < -0.3 is 15.6 Å². The fraction of sp³-hybridized carbons (Fsp3) is 0.636. The van der Waals surface area contributed by atoms with Crippen molar-refractivity contribution in [2.24, 2.45) is 16.6 Å². The van der Waals surface area contributed by atoms with E-state index in [1.165, 1.54) is 19.3 Å². The Labute approximate surface area is 95.8 Å². The molecule has 0 spiro atoms. The zero-order chi connectivity index (χ0) is 11.2. The first-order valence-corrected chi connectivity index (χ1v) is 5.84. The summed E-state index contributed by atoms with van der Waals surface area (Å²) in [6.07, 6.45) is 9.48. The number of rotatable bonds is 5. The number of nitrogens with one attached hydrogen (secondary N) is 1. The van der Waals surface area contributed by atoms with E-state index in [0.29, 0.717) is 5.96 Å². The summed E-state index contributed by atoms with van der Waals surface area (Å²) in [5.74, 6) is 1.33. The topological polar surface area (TPSA) is 68.2 Å². The van der Waals surface area contributed by atoms with Gasteiger partial charge in [-0.15, -0.1) is 0 Å². The SMILES string of the molecule is NC(=NCC1CCC1)NCCn1ccnc1. The van der Waals surface area contributed by atoms with Gasteiger partial charge in [-0.1, -0.05) is 6.42 Å². The lowest BCUT2D eigenvalue weighted by atomic mass is 9.86. The van der Waals surface area contributed by atoms with Gasteiger partial charge in [-0.25, -0.2) is 4.98 Å². The van der Waals surface area contributed by atoms with Gasteiger partial charge in [0, 0.05) is 32.0 Å². The summed E-state index contributed by atoms with van der Waals surface area (Å²) in [6.45, 7) is 2.53. The zero-order valence-corrected chi connectivity index (χ0v) is 9.47. The molecule has 88 valence electrons. The van der Waals surface area contributed by atoms with Crippen LogP contribution in [0.2, 0.25) is 0 Å². The third-order valence-electron chi connectivity index (χ3n) is 2.98. The molecule has 5 nitrogen and oxygen atoms in total. The van der Waals surface area contributed by atoms with Crippen molar-refractivity contribution in [3.05, 3.63) is 18.7 Å². The van der Waals surface area contributed by atoms with E-state index in [1.807, 2.05) is 10.8 Å². The molecule has 16 heavy (non-hydrogen) atoms. The highest BCUT2D eigenvalue weighted by molar-refractivity contribution is 5.77. The Morgan fingerprint density at radius 2 is 2.44 bits per heavy atom. The Morgan fingerprint density at radius 1 is 1.56 bits per heavy atom. The van der Waals surface area contributed by atoms with E-state index in [9.17, 15) is 0 Å². The Kier molecular flexibility index (Phi) is 3.80. The van der Waals surface area contributed by atoms with Gasteiger partial charge in [-0.05, 0) is 18.8 Å². The average molecular weight is 221 g/mol. The molecule has 0 amide bonds. The van der Waals surface area contributed by atoms with E-state index < -0.39 is 0 Å². The van der Waals surface area contributed by atoms with E-state index >= 15 is 0 Å². The van der Waals surface area contributed by atoms with Crippen molar-refractivity contribution in [2.45, 2.75) is 25.8 Å². The number of hydrogen-bond acceptors (Lipinski definition) is 2. The summed E-state index contributed by atoms with van der Waals surface area (Å²) in [6, 6.07) is 0. The molecule has 1 fully saturated rings. The van der Waals surface area contributed by atoms with Crippen LogP contribution in [0.5, 0.6) is 0 Å². The Balaban J connectivity index is 1.61. The molecule has 1 aromatic rings. The van der Waals surface area contributed by atoms with Gasteiger partial charge in [-0.2, -0.15) is 0 Å². The van der Waals surface area contributed by atoms with E-state index in [0.717, 1.165) is 25.6 Å². The Bertz CT molecular complexity index is 326. The molecular weight excluding hydrogens is 202 g/mol. The minimum absolute atomic E-state index is 0.562. The first-order chi connectivity index (χ1) is 7.84. The van der Waals surface area contributed by atoms with Crippen LogP contribution in [0.4, 0.5) is 0 Å². The predicted octanol–water partition coefficient (Wildman–Crippen LogP) is 0.587. The van der Waals surface area contributed by atoms with Crippen molar-refractivity contribution >= 4 is 5.96 Å². The standard InChI is InChI=1S/C11H19N5/c12-11(15-8-10-2-1-3-10)14-5-7-16-6-4-13-9-16/h4,6,9-10H,1-3,5,7-8H2,(H3,12,14,15). The van der Waals surface area contributed by atoms with Gasteiger partial charge in [0.2, 0.25) is 0 Å². The summed E-state index contributed by atoms with van der Waals surface area (Å²) in [5, 5.41) is 3.10. The molecule has 3 N–H and O–H groups in total. The lowest BCUT2D eigenvalue weighted by Crippen LogP contribution is -2.34. The highest BCUT2D eigenvalue weighted by Gasteiger charge is 2.16. The van der Waals surface area contributed by atoms with E-state index in [4.69, 9.17) is 5.73 Å². The van der Waals surface area contributed by atoms with Crippen LogP contribution >= 0.6 is 0 Å². The average Bonchev–Trinajstić information content (AvgIpc) is 2.68. The van der Waals surface area contributed by atoms with Crippen molar-refractivity contribution in [1.82, 2.24) is 14.9 Å². The molecule has 5 heteroatoms. The van der Waals surface area contributed by atoms with Gasteiger partial charge in [0.25, 0.3) is 0 Å². The molecule has 0 radical (unpaired) electrons. The molecule has 1 heterocycles. The molecule has 2 rings (SSSR count). The summed E-state index contributed by atoms with van der Waals surface area (Å²) in [7, 11) is 0. The van der Waals surface area contributed by atoms with Gasteiger partial charge in [0.05, 0.1) is 6.33 Å². The van der Waals surface area contributed by atoms with Crippen molar-refractivity contribution < 1.29 is 0 Å². The molecule has 0 unspecified atom stereocenters. The normalized spacial score (nSPS) is 17.1. The number of nitrogens with two attached hydrogens (primary N) is 1. The second-order valence-electron chi connectivity index (χ2n) is 4.25. The number of aromatic nitrogens is 2. The van der Waals surface area contributed by atoms with Crippen molar-refractivity contribution in [3.63, 3.8) is 0 Å². The van der Waals surface area contributed by atoms with Gasteiger partial charge in [-0.3, -0.25) is 4.99 Å². The summed E-state index contributed by atoms with van der Waals surface area (Å²) in [4.78, 5) is 8.30. The lowest BCUT2D eigenvalue weighted by Gasteiger charge is -2.23. The van der Waals surface area contributed by atoms with E-state index in [2.05, 4.69) is 15.3 Å². The number of guanidine groups is 1. The Hall–Kier alpha value is -1.52. The van der Waals surface area contributed by atoms with Crippen LogP contribution in [-0.4, -0.2) is 28.6 Å². The number of nitrogens with zero attached hydrogens (tertiary/aromatic N) is 3. The van der Waals surface area contributed by atoms with Crippen LogP contribution < -0.4 is 11.1 Å². The first-order valence-electron chi connectivity index (χ1n) is 5.84. The monoisotopic (exact) mass is 221 g/mol. The maximum Gasteiger partial charge on any atom is 0.188 e. The summed E-state index contributed by atoms with van der Waals surface area (Å²) in [5.41, 5.74) is 5.75. The summed E-state index contributed by atoms with van der Waals surface area (Å²) >= 11 is 0. The Morgan fingerprint density at radius 3 is 3.06 bits per heavy atom. The van der Waals surface area contributed by atoms with Crippen LogP contribution in [0.15, 0.2) is 23.7 Å². The quantitative estimate of drug-likeness (QED) is 0.565. The molecule has 0 saturated heterocycles. The molecule has 0 bridgehead atoms. The smallest absolute Gasteiger partial charge is 0.188 e. The third kappa shape index (κ3) is 3.25. The number of aliphatic imine (C=N–C) groups is 1. The second kappa shape index (κ2) is 5.53. The van der Waals surface area contributed by atoms with Gasteiger partial charge in [0.1, 0.15) is 0 Å². The fourth-order valence-corrected chi connectivity index (χ4v) is 1.69. The lowest BCUT2D eigenvalue weighted by molar-refractivity contribution is 0.326. The molecule has 0 aromatic carbocycles. The third-order valence-corrected chi connectivity index (χ3v) is 2.98. The number of hydrogen-bond donors (Lipinski definition) is 2. The van der Waals surface area contributed by atoms with Crippen LogP contribution in [0, 0.1) is 5.92 Å². The van der Waals surface area contributed by atoms with Crippen molar-refractivity contribution in [2.75, 3.05) is 13.1 Å². The van der Waals surface area contributed by atoms with Gasteiger partial charge >= 0.3 is 0 Å². The molecule has 1 saturated carbocycles. The second-order valence-corrected chi connectivity index (χ2v) is 4.25. The number of imidazole rings is 1. The van der Waals surface area contributed by atoms with Crippen LogP contribution in [-0.2, 0) is 6.54 Å². The summed E-state index contributed by atoms with van der Waals surface area (Å²) < 4.78 is 2.01. The molecule has 1 aliphatic carbocycles. The van der Waals surface area contributed by atoms with Crippen molar-refractivity contribution in [3.8, 4) is 0 Å². The zero-order valence-electron chi connectivity index (χ0n) is 9.47. The van der Waals surface area contributed by atoms with Crippen LogP contribution in [0.1, 0.15) is 19.3 Å². The molecular formula is C11H19N5. The molecule has 1 aromatic heterocycles. The minimum atomic E-state index is 0.562. The van der Waals surface area contributed by atoms with Crippen molar-refractivity contribution in [1.29, 1.82) is 0 Å². The van der Waals surface area contributed by atoms with E-state index in [-0.39, 0.29) is 0 Å². The first kappa shape index (κ1) is 11.0. The molecule has 0 aliphatic heterocycles. The minimum Gasteiger partial charge on any atom is -0.370 e. The maximum atomic E-state index is 5.75. The van der Waals surface area contributed by atoms with Crippen LogP contribution in [0.25, 0.3) is 0 Å². The van der Waals surface area contributed by atoms with Crippen LogP contribution in [0.3, 0.4) is 0 Å². The highest BCUT2D eigenvalue weighted by Crippen LogP contribution is 2.26. The maximum absolute atomic E-state index is 5.75. The molecule has 1 aliphatic rings. The molecule has 0 atom stereocenters. The predicted molar refractivity (Wildman–Crippen MR) is 64.1 cm³/mol.